The molecule has 2 heterocycles. The quantitative estimate of drug-likeness (QED) is 0.110. The molecule has 10 unspecified atom stereocenters. The predicted octanol–water partition coefficient (Wildman–Crippen LogP) is -4.95. The number of ether oxygens (including phenoxy) is 3. The molecule has 0 aromatic rings. The number of carbonyl (C=O) groups excluding carboxylic acids is 1. The van der Waals surface area contributed by atoms with Crippen molar-refractivity contribution in [3.8, 4) is 0 Å². The van der Waals surface area contributed by atoms with Crippen molar-refractivity contribution in [2.75, 3.05) is 33.4 Å². The van der Waals surface area contributed by atoms with E-state index in [9.17, 15) is 20.1 Å². The summed E-state index contributed by atoms with van der Waals surface area (Å²) in [6, 6.07) is -1.37. The second-order valence-corrected chi connectivity index (χ2v) is 11.4. The Morgan fingerprint density at radius 1 is 1.10 bits per heavy atom. The summed E-state index contributed by atoms with van der Waals surface area (Å²) >= 11 is 0. The number of amides is 1. The number of rotatable bonds is 10. The van der Waals surface area contributed by atoms with Crippen LogP contribution in [0.5, 0.6) is 0 Å². The van der Waals surface area contributed by atoms with E-state index in [1.54, 1.807) is 0 Å². The van der Waals surface area contributed by atoms with Crippen LogP contribution < -0.4 is 27.8 Å². The second kappa shape index (κ2) is 18.0. The zero-order valence-electron chi connectivity index (χ0n) is 24.3. The van der Waals surface area contributed by atoms with Gasteiger partial charge in [-0.05, 0) is 45.1 Å². The summed E-state index contributed by atoms with van der Waals surface area (Å²) in [6.07, 6.45) is -0.888. The molecule has 248 valence electrons. The van der Waals surface area contributed by atoms with E-state index in [0.717, 1.165) is 20.0 Å². The van der Waals surface area contributed by atoms with E-state index in [1.165, 1.54) is 0 Å². The molecule has 4 rings (SSSR count). The normalized spacial score (nSPS) is 40.5. The number of nitrogens with one attached hydrogen (secondary N) is 2. The third-order valence-corrected chi connectivity index (χ3v) is 7.77. The van der Waals surface area contributed by atoms with Gasteiger partial charge in [0.2, 0.25) is 0 Å². The third kappa shape index (κ3) is 11.4. The van der Waals surface area contributed by atoms with Gasteiger partial charge < -0.3 is 77.8 Å². The summed E-state index contributed by atoms with van der Waals surface area (Å²) < 4.78 is 16.6. The number of hydrogen-bond donors (Lipinski definition) is 12. The third-order valence-electron chi connectivity index (χ3n) is 7.77. The highest BCUT2D eigenvalue weighted by molar-refractivity contribution is 5.89. The molecule has 0 radical (unpaired) electrons. The van der Waals surface area contributed by atoms with E-state index in [4.69, 9.17) is 47.1 Å². The van der Waals surface area contributed by atoms with Crippen molar-refractivity contribution in [2.24, 2.45) is 17.2 Å². The maximum absolute atomic E-state index is 12.2. The van der Waals surface area contributed by atoms with Crippen LogP contribution in [0.25, 0.3) is 0 Å². The minimum absolute atomic E-state index is 0.0451. The fourth-order valence-electron chi connectivity index (χ4n) is 5.20. The maximum Gasteiger partial charge on any atom is 0.253 e. The average molecular weight is 612 g/mol. The molecule has 0 aromatic carbocycles. The summed E-state index contributed by atoms with van der Waals surface area (Å²) in [6.45, 7) is 1.61. The van der Waals surface area contributed by atoms with Crippen molar-refractivity contribution in [2.45, 2.75) is 124 Å². The lowest BCUT2D eigenvalue weighted by atomic mass is 9.86. The first-order chi connectivity index (χ1) is 19.9. The average Bonchev–Trinajstić information content (AvgIpc) is 3.57. The molecular formula is C26H53N5O11. The molecule has 1 amide bonds. The molecule has 16 nitrogen and oxygen atoms in total. The Morgan fingerprint density at radius 3 is 2.36 bits per heavy atom. The maximum atomic E-state index is 12.2. The van der Waals surface area contributed by atoms with Crippen molar-refractivity contribution in [1.29, 1.82) is 0 Å². The molecule has 2 aliphatic carbocycles. The molecule has 16 heteroatoms. The number of aliphatic hydroxyl groups excluding tert-OH is 6. The van der Waals surface area contributed by atoms with Gasteiger partial charge in [0.1, 0.15) is 12.2 Å². The second-order valence-electron chi connectivity index (χ2n) is 11.4. The molecule has 15 N–H and O–H groups in total. The van der Waals surface area contributed by atoms with Crippen LogP contribution in [0.15, 0.2) is 0 Å². The van der Waals surface area contributed by atoms with Gasteiger partial charge in [-0.15, -0.1) is 0 Å². The van der Waals surface area contributed by atoms with Crippen LogP contribution in [0.4, 0.5) is 0 Å². The first-order valence-electron chi connectivity index (χ1n) is 14.7. The van der Waals surface area contributed by atoms with Crippen LogP contribution in [0.2, 0.25) is 0 Å². The molecule has 2 saturated heterocycles. The fourth-order valence-corrected chi connectivity index (χ4v) is 5.20. The van der Waals surface area contributed by atoms with Crippen molar-refractivity contribution < 1.29 is 54.8 Å². The van der Waals surface area contributed by atoms with Gasteiger partial charge in [0.15, 0.2) is 18.2 Å². The Bertz CT molecular complexity index is 777. The summed E-state index contributed by atoms with van der Waals surface area (Å²) in [4.78, 5) is 12.2. The van der Waals surface area contributed by atoms with E-state index >= 15 is 0 Å². The van der Waals surface area contributed by atoms with Gasteiger partial charge in [-0.25, -0.2) is 0 Å². The Kier molecular flexibility index (Phi) is 15.9. The van der Waals surface area contributed by atoms with Crippen molar-refractivity contribution in [1.82, 2.24) is 10.6 Å². The van der Waals surface area contributed by atoms with E-state index in [2.05, 4.69) is 15.4 Å². The molecule has 2 aliphatic heterocycles. The van der Waals surface area contributed by atoms with Crippen molar-refractivity contribution in [3.63, 3.8) is 0 Å². The van der Waals surface area contributed by atoms with E-state index in [1.807, 2.05) is 0 Å². The molecule has 0 bridgehead atoms. The van der Waals surface area contributed by atoms with Gasteiger partial charge in [0.25, 0.3) is 5.91 Å². The highest BCUT2D eigenvalue weighted by atomic mass is 16.7. The fraction of sp³-hybridized carbons (Fsp3) is 0.962. The van der Waals surface area contributed by atoms with Crippen LogP contribution in [0, 0.1) is 0 Å². The zero-order chi connectivity index (χ0) is 31.4. The lowest BCUT2D eigenvalue weighted by Gasteiger charge is -2.41. The Labute approximate surface area is 246 Å². The summed E-state index contributed by atoms with van der Waals surface area (Å²) in [7, 11) is 1.00. The minimum Gasteiger partial charge on any atom is -0.400 e. The van der Waals surface area contributed by atoms with Gasteiger partial charge in [-0.1, -0.05) is 0 Å². The van der Waals surface area contributed by atoms with E-state index in [-0.39, 0.29) is 38.0 Å². The molecule has 4 fully saturated rings. The van der Waals surface area contributed by atoms with E-state index in [0.29, 0.717) is 38.9 Å². The Balaban J connectivity index is 0.000000473. The molecule has 42 heavy (non-hydrogen) atoms. The first kappa shape index (κ1) is 37.1. The summed E-state index contributed by atoms with van der Waals surface area (Å²) in [5.74, 6) is -0.508. The van der Waals surface area contributed by atoms with Crippen LogP contribution in [-0.4, -0.2) is 148 Å². The van der Waals surface area contributed by atoms with Crippen LogP contribution in [0.3, 0.4) is 0 Å². The minimum atomic E-state index is -1.50. The highest BCUT2D eigenvalue weighted by Crippen LogP contribution is 2.35. The standard InChI is InChI=1S/C20H39N5O6.C5H10O4.CH4O/c21-5-4-12(26)9-24-10-13-2-1-3-17(30-13)31-18-14(22)6-11(7-15(18)27)25-19(28)20(29)8-16(20)23;6-3-1-4(7)5(8)9-2-3;1-2/h11-18,24,26-27,29H,1-10,21-23H2,(H,25,28);3-8H,1-2H2;2H,1H3/t11?,12?,13?,14?,15?,16?,17-,18-,20?;;/m1../s1. The monoisotopic (exact) mass is 611 g/mol. The van der Waals surface area contributed by atoms with Crippen LogP contribution in [0.1, 0.15) is 51.4 Å². The van der Waals surface area contributed by atoms with Crippen LogP contribution in [-0.2, 0) is 19.0 Å². The SMILES string of the molecule is CO.NCCC(O)CNCC1CCC[C@@H](O[C@@H]2C(N)CC(NC(=O)C3(O)CC3N)CC2O)O1.OC1COC(O)C(O)C1. The summed E-state index contributed by atoms with van der Waals surface area (Å²) in [5.41, 5.74) is 15.8. The Hall–Kier alpha value is -1.09. The van der Waals surface area contributed by atoms with Gasteiger partial charge in [-0.2, -0.15) is 0 Å². The molecular weight excluding hydrogens is 558 g/mol. The number of carbonyl (C=O) groups is 1. The highest BCUT2D eigenvalue weighted by Gasteiger charge is 2.57. The van der Waals surface area contributed by atoms with Gasteiger partial charge in [0.05, 0.1) is 31.0 Å². The smallest absolute Gasteiger partial charge is 0.253 e. The number of nitrogens with two attached hydrogens (primary N) is 3. The molecule has 0 aromatic heterocycles. The lowest BCUT2D eigenvalue weighted by Crippen LogP contribution is -2.58. The van der Waals surface area contributed by atoms with Gasteiger partial charge in [0, 0.05) is 51.2 Å². The number of hydrogen-bond acceptors (Lipinski definition) is 15. The molecule has 2 saturated carbocycles. The molecule has 0 spiro atoms. The first-order valence-corrected chi connectivity index (χ1v) is 14.7. The van der Waals surface area contributed by atoms with Crippen molar-refractivity contribution in [3.05, 3.63) is 0 Å². The lowest BCUT2D eigenvalue weighted by molar-refractivity contribution is -0.237. The predicted molar refractivity (Wildman–Crippen MR) is 149 cm³/mol. The van der Waals surface area contributed by atoms with Gasteiger partial charge >= 0.3 is 0 Å². The van der Waals surface area contributed by atoms with Crippen molar-refractivity contribution >= 4 is 5.91 Å². The molecule has 12 atom stereocenters. The van der Waals surface area contributed by atoms with Gasteiger partial charge in [-0.3, -0.25) is 4.79 Å². The topological polar surface area (TPSA) is 288 Å². The molecule has 4 aliphatic rings. The summed E-state index contributed by atoms with van der Waals surface area (Å²) in [5, 5.41) is 69.7. The number of aliphatic hydroxyl groups is 7. The zero-order valence-corrected chi connectivity index (χ0v) is 24.3. The largest absolute Gasteiger partial charge is 0.400 e. The van der Waals surface area contributed by atoms with Crippen LogP contribution >= 0.6 is 0 Å². The van der Waals surface area contributed by atoms with E-state index < -0.39 is 66.7 Å². The Morgan fingerprint density at radius 2 is 1.79 bits per heavy atom.